The molecule has 124 valence electrons. The lowest BCUT2D eigenvalue weighted by molar-refractivity contribution is 0.518. The third-order valence-corrected chi connectivity index (χ3v) is 4.75. The van der Waals surface area contributed by atoms with Gasteiger partial charge in [-0.25, -0.2) is 13.4 Å². The second kappa shape index (κ2) is 6.76. The van der Waals surface area contributed by atoms with Crippen molar-refractivity contribution in [1.29, 1.82) is 0 Å². The standard InChI is InChI=1S/C17H17N3O3S/c1-13-4-7-16(8-5-13)24(21,22)20-17-9-6-14(11-19-17)18-12-15-3-2-10-23-15/h2-11,18H,12H2,1H3,(H,19,20). The summed E-state index contributed by atoms with van der Waals surface area (Å²) in [6.45, 7) is 2.43. The summed E-state index contributed by atoms with van der Waals surface area (Å²) in [6.07, 6.45) is 3.17. The van der Waals surface area contributed by atoms with Gasteiger partial charge in [-0.3, -0.25) is 4.72 Å². The predicted molar refractivity (Wildman–Crippen MR) is 92.3 cm³/mol. The molecule has 0 radical (unpaired) electrons. The summed E-state index contributed by atoms with van der Waals surface area (Å²) in [6, 6.07) is 13.7. The fourth-order valence-electron chi connectivity index (χ4n) is 2.08. The highest BCUT2D eigenvalue weighted by Crippen LogP contribution is 2.17. The van der Waals surface area contributed by atoms with Gasteiger partial charge in [0.1, 0.15) is 11.6 Å². The number of nitrogens with zero attached hydrogens (tertiary/aromatic N) is 1. The molecule has 0 unspecified atom stereocenters. The summed E-state index contributed by atoms with van der Waals surface area (Å²) in [4.78, 5) is 4.33. The molecule has 3 rings (SSSR count). The number of hydrogen-bond donors (Lipinski definition) is 2. The van der Waals surface area contributed by atoms with E-state index in [0.29, 0.717) is 6.54 Å². The lowest BCUT2D eigenvalue weighted by Gasteiger charge is -2.09. The number of pyridine rings is 1. The van der Waals surface area contributed by atoms with Gasteiger partial charge < -0.3 is 9.73 Å². The van der Waals surface area contributed by atoms with Crippen molar-refractivity contribution in [3.63, 3.8) is 0 Å². The Morgan fingerprint density at radius 1 is 1.08 bits per heavy atom. The molecule has 0 spiro atoms. The SMILES string of the molecule is Cc1ccc(S(=O)(=O)Nc2ccc(NCc3ccco3)cn2)cc1. The second-order valence-corrected chi connectivity index (χ2v) is 6.97. The molecule has 0 aliphatic carbocycles. The summed E-state index contributed by atoms with van der Waals surface area (Å²) >= 11 is 0. The quantitative estimate of drug-likeness (QED) is 0.716. The minimum absolute atomic E-state index is 0.204. The minimum Gasteiger partial charge on any atom is -0.467 e. The van der Waals surface area contributed by atoms with Crippen molar-refractivity contribution >= 4 is 21.5 Å². The number of benzene rings is 1. The molecule has 0 saturated heterocycles. The zero-order valence-electron chi connectivity index (χ0n) is 13.1. The van der Waals surface area contributed by atoms with E-state index in [4.69, 9.17) is 4.42 Å². The zero-order chi connectivity index (χ0) is 17.0. The fraction of sp³-hybridized carbons (Fsp3) is 0.118. The smallest absolute Gasteiger partial charge is 0.263 e. The molecule has 7 heteroatoms. The van der Waals surface area contributed by atoms with Crippen molar-refractivity contribution in [3.05, 3.63) is 72.3 Å². The monoisotopic (exact) mass is 343 g/mol. The molecule has 2 aromatic heterocycles. The third kappa shape index (κ3) is 3.94. The molecule has 1 aromatic carbocycles. The zero-order valence-corrected chi connectivity index (χ0v) is 13.9. The van der Waals surface area contributed by atoms with Crippen LogP contribution in [-0.2, 0) is 16.6 Å². The van der Waals surface area contributed by atoms with E-state index in [1.807, 2.05) is 19.1 Å². The molecule has 0 atom stereocenters. The predicted octanol–water partition coefficient (Wildman–Crippen LogP) is 3.40. The van der Waals surface area contributed by atoms with Crippen LogP contribution in [0.5, 0.6) is 0 Å². The van der Waals surface area contributed by atoms with Gasteiger partial charge in [-0.2, -0.15) is 0 Å². The number of furan rings is 1. The molecule has 0 saturated carbocycles. The van der Waals surface area contributed by atoms with Crippen LogP contribution >= 0.6 is 0 Å². The van der Waals surface area contributed by atoms with Crippen LogP contribution in [-0.4, -0.2) is 13.4 Å². The Balaban J connectivity index is 1.66. The Morgan fingerprint density at radius 3 is 2.50 bits per heavy atom. The van der Waals surface area contributed by atoms with E-state index in [9.17, 15) is 8.42 Å². The van der Waals surface area contributed by atoms with Crippen molar-refractivity contribution in [2.75, 3.05) is 10.0 Å². The number of aromatic nitrogens is 1. The molecular weight excluding hydrogens is 326 g/mol. The minimum atomic E-state index is -3.64. The molecule has 0 fully saturated rings. The molecule has 24 heavy (non-hydrogen) atoms. The van der Waals surface area contributed by atoms with Crippen molar-refractivity contribution in [1.82, 2.24) is 4.98 Å². The van der Waals surface area contributed by atoms with Crippen LogP contribution in [0, 0.1) is 6.92 Å². The Kier molecular flexibility index (Phi) is 4.52. The number of nitrogens with one attached hydrogen (secondary N) is 2. The van der Waals surface area contributed by atoms with E-state index in [2.05, 4.69) is 15.0 Å². The highest BCUT2D eigenvalue weighted by atomic mass is 32.2. The van der Waals surface area contributed by atoms with Crippen LogP contribution in [0.1, 0.15) is 11.3 Å². The van der Waals surface area contributed by atoms with Crippen LogP contribution in [0.15, 0.2) is 70.3 Å². The van der Waals surface area contributed by atoms with E-state index in [-0.39, 0.29) is 10.7 Å². The molecule has 0 bridgehead atoms. The van der Waals surface area contributed by atoms with E-state index < -0.39 is 10.0 Å². The fourth-order valence-corrected chi connectivity index (χ4v) is 3.08. The molecule has 3 aromatic rings. The van der Waals surface area contributed by atoms with Gasteiger partial charge in [0.2, 0.25) is 0 Å². The summed E-state index contributed by atoms with van der Waals surface area (Å²) in [5, 5.41) is 3.14. The first-order valence-electron chi connectivity index (χ1n) is 7.35. The van der Waals surface area contributed by atoms with Crippen molar-refractivity contribution in [2.24, 2.45) is 0 Å². The molecular formula is C17H17N3O3S. The lowest BCUT2D eigenvalue weighted by Crippen LogP contribution is -2.14. The molecule has 2 N–H and O–H groups in total. The summed E-state index contributed by atoms with van der Waals surface area (Å²) in [5.74, 6) is 1.07. The first kappa shape index (κ1) is 16.1. The largest absolute Gasteiger partial charge is 0.467 e. The normalized spacial score (nSPS) is 11.2. The van der Waals surface area contributed by atoms with Gasteiger partial charge in [0.25, 0.3) is 10.0 Å². The Morgan fingerprint density at radius 2 is 1.88 bits per heavy atom. The molecule has 6 nitrogen and oxygen atoms in total. The van der Waals surface area contributed by atoms with Crippen molar-refractivity contribution in [2.45, 2.75) is 18.4 Å². The van der Waals surface area contributed by atoms with Gasteiger partial charge in [0, 0.05) is 0 Å². The van der Waals surface area contributed by atoms with Crippen LogP contribution < -0.4 is 10.0 Å². The maximum Gasteiger partial charge on any atom is 0.263 e. The number of aryl methyl sites for hydroxylation is 1. The van der Waals surface area contributed by atoms with Gasteiger partial charge in [-0.15, -0.1) is 0 Å². The Bertz CT molecular complexity index is 887. The average Bonchev–Trinajstić information content (AvgIpc) is 3.08. The van der Waals surface area contributed by atoms with Crippen LogP contribution in [0.25, 0.3) is 0 Å². The Hall–Kier alpha value is -2.80. The molecule has 0 aliphatic rings. The van der Waals surface area contributed by atoms with Crippen LogP contribution in [0.4, 0.5) is 11.5 Å². The average molecular weight is 343 g/mol. The van der Waals surface area contributed by atoms with E-state index >= 15 is 0 Å². The van der Waals surface area contributed by atoms with E-state index in [1.54, 1.807) is 48.9 Å². The van der Waals surface area contributed by atoms with E-state index in [1.165, 1.54) is 0 Å². The van der Waals surface area contributed by atoms with Crippen LogP contribution in [0.3, 0.4) is 0 Å². The van der Waals surface area contributed by atoms with Crippen LogP contribution in [0.2, 0.25) is 0 Å². The summed E-state index contributed by atoms with van der Waals surface area (Å²) < 4.78 is 32.3. The number of hydrogen-bond acceptors (Lipinski definition) is 5. The Labute approximate surface area is 140 Å². The van der Waals surface area contributed by atoms with Crippen molar-refractivity contribution < 1.29 is 12.8 Å². The summed E-state index contributed by atoms with van der Waals surface area (Å²) in [7, 11) is -3.64. The highest BCUT2D eigenvalue weighted by molar-refractivity contribution is 7.92. The second-order valence-electron chi connectivity index (χ2n) is 5.28. The maximum absolute atomic E-state index is 12.3. The number of rotatable bonds is 6. The number of anilines is 2. The van der Waals surface area contributed by atoms with Gasteiger partial charge in [-0.05, 0) is 43.3 Å². The van der Waals surface area contributed by atoms with Crippen molar-refractivity contribution in [3.8, 4) is 0 Å². The van der Waals surface area contributed by atoms with Gasteiger partial charge in [0.15, 0.2) is 0 Å². The third-order valence-electron chi connectivity index (χ3n) is 3.38. The lowest BCUT2D eigenvalue weighted by atomic mass is 10.2. The summed E-state index contributed by atoms with van der Waals surface area (Å²) in [5.41, 5.74) is 1.77. The first-order valence-corrected chi connectivity index (χ1v) is 8.83. The first-order chi connectivity index (χ1) is 11.5. The highest BCUT2D eigenvalue weighted by Gasteiger charge is 2.14. The van der Waals surface area contributed by atoms with Gasteiger partial charge in [-0.1, -0.05) is 17.7 Å². The molecule has 0 amide bonds. The molecule has 2 heterocycles. The molecule has 0 aliphatic heterocycles. The number of sulfonamides is 1. The van der Waals surface area contributed by atoms with E-state index in [0.717, 1.165) is 17.0 Å². The van der Waals surface area contributed by atoms with Gasteiger partial charge in [0.05, 0.1) is 29.6 Å². The maximum atomic E-state index is 12.3. The van der Waals surface area contributed by atoms with Gasteiger partial charge >= 0.3 is 0 Å². The topological polar surface area (TPSA) is 84.2 Å².